The number of nitrogens with zero attached hydrogens (tertiary/aromatic N) is 1. The molecule has 7 heteroatoms. The van der Waals surface area contributed by atoms with Crippen LogP contribution in [0.5, 0.6) is 0 Å². The molecular formula is C12H21FmN2O4-. The molecule has 0 aromatic heterocycles. The number of rotatable bonds is 9. The van der Waals surface area contributed by atoms with Crippen molar-refractivity contribution in [1.29, 1.82) is 0 Å². The van der Waals surface area contributed by atoms with Crippen LogP contribution in [-0.2, 0) is 19.1 Å². The second-order valence-electron chi connectivity index (χ2n) is 4.06. The Morgan fingerprint density at radius 2 is 1.95 bits per heavy atom. The van der Waals surface area contributed by atoms with Crippen LogP contribution >= 0.6 is 0 Å². The average molecular weight is 514 g/mol. The Labute approximate surface area is 108 Å². The van der Waals surface area contributed by atoms with Gasteiger partial charge in [-0.15, -0.1) is 0 Å². The quantitative estimate of drug-likeness (QED) is 0.207. The zero-order valence-corrected chi connectivity index (χ0v) is 13.9. The fraction of sp³-hybridized carbons (Fsp3) is 0.750. The summed E-state index contributed by atoms with van der Waals surface area (Å²) in [5.41, 5.74) is 0. The van der Waals surface area contributed by atoms with Gasteiger partial charge in [0.25, 0.3) is 0 Å². The maximum atomic E-state index is 11.5. The summed E-state index contributed by atoms with van der Waals surface area (Å²) in [6.07, 6.45) is 4.45. The van der Waals surface area contributed by atoms with Crippen LogP contribution in [0, 0.1) is 0 Å². The zero-order valence-electron chi connectivity index (χ0n) is 11.5. The summed E-state index contributed by atoms with van der Waals surface area (Å²) in [7, 11) is 2.87. The first-order valence-corrected chi connectivity index (χ1v) is 5.98. The van der Waals surface area contributed by atoms with Crippen LogP contribution in [-0.4, -0.2) is 49.9 Å². The number of carbonyl (C=O) groups excluding carboxylic acids is 3. The summed E-state index contributed by atoms with van der Waals surface area (Å²) in [6, 6.07) is -0.516. The van der Waals surface area contributed by atoms with Crippen molar-refractivity contribution in [1.82, 2.24) is 10.2 Å². The minimum atomic E-state index is -0.516. The monoisotopic (exact) mass is 514 g/mol. The third-order valence-electron chi connectivity index (χ3n) is 2.69. The number of likely N-dealkylation sites (N-methyl/N-ethyl adjacent to an activating group) is 1. The first-order valence-electron chi connectivity index (χ1n) is 5.98. The van der Waals surface area contributed by atoms with Gasteiger partial charge >= 0.3 is 5.97 Å². The Balaban J connectivity index is 0. The minimum Gasteiger partial charge on any atom is -0.520 e. The number of ether oxygens (including phenoxy) is 1. The van der Waals surface area contributed by atoms with Crippen molar-refractivity contribution >= 4 is 18.3 Å². The van der Waals surface area contributed by atoms with Crippen LogP contribution < -0.4 is 5.32 Å². The van der Waals surface area contributed by atoms with Crippen molar-refractivity contribution < 1.29 is 19.1 Å². The van der Waals surface area contributed by atoms with E-state index in [2.05, 4.69) is 10.1 Å². The Morgan fingerprint density at radius 3 is 2.47 bits per heavy atom. The van der Waals surface area contributed by atoms with Crippen molar-refractivity contribution in [3.8, 4) is 0 Å². The molecule has 0 aromatic rings. The third kappa shape index (κ3) is 8.18. The molecule has 0 saturated heterocycles. The van der Waals surface area contributed by atoms with E-state index in [9.17, 15) is 14.4 Å². The summed E-state index contributed by atoms with van der Waals surface area (Å²) in [5.74, 6) is -0.412. The SMILES string of the molecule is COC(=O)CCCCCNC(=O)C(C)N(C)[C-]=O.[Fm]. The third-order valence-corrected chi connectivity index (χ3v) is 2.69. The van der Waals surface area contributed by atoms with Crippen molar-refractivity contribution in [3.05, 3.63) is 0 Å². The summed E-state index contributed by atoms with van der Waals surface area (Å²) in [5, 5.41) is 2.72. The Kier molecular flexibility index (Phi) is 10.4. The second kappa shape index (κ2) is 10.6. The van der Waals surface area contributed by atoms with Crippen LogP contribution in [0.25, 0.3) is 0 Å². The number of nitrogens with one attached hydrogen (secondary N) is 1. The molecule has 0 aliphatic heterocycles. The van der Waals surface area contributed by atoms with E-state index in [1.54, 1.807) is 13.3 Å². The number of methoxy groups -OCH3 is 1. The predicted molar refractivity (Wildman–Crippen MR) is 66.4 cm³/mol. The van der Waals surface area contributed by atoms with Crippen molar-refractivity contribution in [2.75, 3.05) is 20.7 Å². The number of hydrogen-bond donors (Lipinski definition) is 1. The van der Waals surface area contributed by atoms with E-state index in [0.717, 1.165) is 19.3 Å². The summed E-state index contributed by atoms with van der Waals surface area (Å²) >= 11 is 0. The topological polar surface area (TPSA) is 75.7 Å². The molecule has 1 atom stereocenters. The maximum Gasteiger partial charge on any atom is 0.305 e. The molecule has 0 aromatic carbocycles. The van der Waals surface area contributed by atoms with Gasteiger partial charge in [-0.25, -0.2) is 0 Å². The van der Waals surface area contributed by atoms with Gasteiger partial charge < -0.3 is 19.7 Å². The fourth-order valence-corrected chi connectivity index (χ4v) is 1.29. The van der Waals surface area contributed by atoms with Gasteiger partial charge in [0.2, 0.25) is 5.91 Å². The Bertz CT molecular complexity index is 287. The largest absolute Gasteiger partial charge is 0.520 e. The van der Waals surface area contributed by atoms with E-state index < -0.39 is 6.04 Å². The van der Waals surface area contributed by atoms with E-state index in [4.69, 9.17) is 0 Å². The molecule has 116 valence electrons. The minimum absolute atomic E-state index is 0. The van der Waals surface area contributed by atoms with Crippen molar-refractivity contribution in [2.45, 2.75) is 38.6 Å². The Hall–Kier alpha value is -2.59. The van der Waals surface area contributed by atoms with Crippen LogP contribution in [0.3, 0.4) is 0 Å². The standard InChI is InChI=1S/C12H21N2O4.Fm/c1-10(14(2)9-15)12(17)13-8-6-4-5-7-11(16)18-3;/h10H,4-8H2,1-3H3,(H,13,17);/q-1;. The summed E-state index contributed by atoms with van der Waals surface area (Å²) < 4.78 is 4.51. The zero-order chi connectivity index (χ0) is 14.0. The smallest absolute Gasteiger partial charge is 0.305 e. The molecule has 0 fully saturated rings. The molecule has 0 aliphatic rings. The summed E-state index contributed by atoms with van der Waals surface area (Å²) in [4.78, 5) is 33.9. The Morgan fingerprint density at radius 1 is 1.32 bits per heavy atom. The number of esters is 1. The number of hydrogen-bond acceptors (Lipinski definition) is 4. The van der Waals surface area contributed by atoms with Gasteiger partial charge in [0.1, 0.15) is 0 Å². The molecule has 0 aliphatic carbocycles. The van der Waals surface area contributed by atoms with Crippen LogP contribution in [0.15, 0.2) is 0 Å². The van der Waals surface area contributed by atoms with Gasteiger partial charge in [-0.2, -0.15) is 6.41 Å². The normalized spacial score (nSPS) is 10.9. The molecule has 0 radical (unpaired) electrons. The van der Waals surface area contributed by atoms with Crippen LogP contribution in [0.2, 0.25) is 0 Å². The molecule has 0 rings (SSSR count). The van der Waals surface area contributed by atoms with Gasteiger partial charge in [-0.1, -0.05) is 6.42 Å². The first kappa shape index (κ1) is 18.8. The van der Waals surface area contributed by atoms with E-state index >= 15 is 0 Å². The first-order chi connectivity index (χ1) is 8.52. The van der Waals surface area contributed by atoms with Crippen LogP contribution in [0.1, 0.15) is 32.6 Å². The van der Waals surface area contributed by atoms with Crippen molar-refractivity contribution in [3.63, 3.8) is 0 Å². The number of unbranched alkanes of at least 4 members (excludes halogenated alkanes) is 2. The van der Waals surface area contributed by atoms with E-state index in [1.165, 1.54) is 19.1 Å². The molecular weight excluding hydrogens is 493 g/mol. The van der Waals surface area contributed by atoms with E-state index in [0.29, 0.717) is 13.0 Å². The molecule has 0 heterocycles. The van der Waals surface area contributed by atoms with Gasteiger partial charge in [-0.3, -0.25) is 9.59 Å². The molecule has 2 amide bonds. The average Bonchev–Trinajstić information content (AvgIpc) is 2.39. The van der Waals surface area contributed by atoms with Gasteiger partial charge in [0.05, 0.1) is 13.2 Å². The molecule has 1 unspecified atom stereocenters. The molecule has 19 heavy (non-hydrogen) atoms. The van der Waals surface area contributed by atoms with Gasteiger partial charge in [0, 0.05) is 13.0 Å². The molecule has 0 bridgehead atoms. The number of amides is 2. The molecule has 6 nitrogen and oxygen atoms in total. The molecule has 0 spiro atoms. The fourth-order valence-electron chi connectivity index (χ4n) is 1.29. The van der Waals surface area contributed by atoms with Gasteiger partial charge in [-0.05, 0) is 26.8 Å². The second-order valence-corrected chi connectivity index (χ2v) is 4.06. The van der Waals surface area contributed by atoms with Crippen molar-refractivity contribution in [2.24, 2.45) is 0 Å². The molecule has 0 saturated carbocycles. The van der Waals surface area contributed by atoms with E-state index in [-0.39, 0.29) is 11.9 Å². The predicted octanol–water partition coefficient (Wildman–Crippen LogP) is 0.224. The summed E-state index contributed by atoms with van der Waals surface area (Å²) in [6.45, 7) is 2.18. The molecule has 1 N–H and O–H groups in total. The van der Waals surface area contributed by atoms with Gasteiger partial charge in [0.15, 0.2) is 0 Å². The number of carbonyl (C=O) groups is 2. The van der Waals surface area contributed by atoms with E-state index in [1.807, 2.05) is 0 Å². The van der Waals surface area contributed by atoms with Crippen LogP contribution in [0.4, 0.5) is 0 Å². The maximum absolute atomic E-state index is 11.5.